The smallest absolute Gasteiger partial charge is 0.0947 e. The topological polar surface area (TPSA) is 13.1 Å². The molecule has 0 radical (unpaired) electrons. The Bertz CT molecular complexity index is 709. The predicted molar refractivity (Wildman–Crippen MR) is 75.3 cm³/mol. The van der Waals surface area contributed by atoms with Gasteiger partial charge in [-0.1, -0.05) is 54.6 Å². The van der Waals surface area contributed by atoms with Crippen molar-refractivity contribution in [2.75, 3.05) is 0 Å². The molecule has 3 aromatic rings. The lowest BCUT2D eigenvalue weighted by atomic mass is 9.77. The van der Waals surface area contributed by atoms with Crippen LogP contribution in [0.3, 0.4) is 0 Å². The molecule has 1 atom stereocenters. The van der Waals surface area contributed by atoms with Gasteiger partial charge in [0.2, 0.25) is 0 Å². The van der Waals surface area contributed by atoms with Gasteiger partial charge in [0.25, 0.3) is 0 Å². The highest BCUT2D eigenvalue weighted by atomic mass is 16.3. The van der Waals surface area contributed by atoms with Gasteiger partial charge in [0.1, 0.15) is 0 Å². The molecule has 2 aromatic carbocycles. The summed E-state index contributed by atoms with van der Waals surface area (Å²) in [5, 5.41) is 0. The van der Waals surface area contributed by atoms with E-state index >= 15 is 0 Å². The van der Waals surface area contributed by atoms with Crippen LogP contribution in [0.5, 0.6) is 0 Å². The average Bonchev–Trinajstić information content (AvgIpc) is 2.93. The summed E-state index contributed by atoms with van der Waals surface area (Å²) in [4.78, 5) is 0. The molecule has 0 saturated carbocycles. The molecule has 1 aliphatic carbocycles. The fourth-order valence-corrected chi connectivity index (χ4v) is 3.08. The molecule has 0 amide bonds. The molecule has 19 heavy (non-hydrogen) atoms. The first kappa shape index (κ1) is 10.6. The number of fused-ring (bicyclic) bond motifs is 2. The van der Waals surface area contributed by atoms with Gasteiger partial charge in [-0.3, -0.25) is 0 Å². The fraction of sp³-hybridized carbons (Fsp3) is 0.111. The fourth-order valence-electron chi connectivity index (χ4n) is 3.08. The SMILES string of the molecule is c1ccc(C2c3ccccc3Cc3cocc32)cc1. The van der Waals surface area contributed by atoms with E-state index in [1.807, 2.05) is 12.5 Å². The Morgan fingerprint density at radius 2 is 1.53 bits per heavy atom. The van der Waals surface area contributed by atoms with Crippen LogP contribution in [-0.2, 0) is 6.42 Å². The zero-order valence-corrected chi connectivity index (χ0v) is 10.5. The summed E-state index contributed by atoms with van der Waals surface area (Å²) in [6.45, 7) is 0. The van der Waals surface area contributed by atoms with Crippen molar-refractivity contribution in [3.63, 3.8) is 0 Å². The zero-order chi connectivity index (χ0) is 12.7. The van der Waals surface area contributed by atoms with E-state index < -0.39 is 0 Å². The van der Waals surface area contributed by atoms with Crippen LogP contribution in [0.15, 0.2) is 71.5 Å². The summed E-state index contributed by atoms with van der Waals surface area (Å²) in [5.41, 5.74) is 6.77. The first-order chi connectivity index (χ1) is 9.43. The first-order valence-electron chi connectivity index (χ1n) is 6.61. The zero-order valence-electron chi connectivity index (χ0n) is 10.5. The Hall–Kier alpha value is -2.28. The van der Waals surface area contributed by atoms with E-state index in [9.17, 15) is 0 Å². The molecule has 4 rings (SSSR count). The van der Waals surface area contributed by atoms with Crippen molar-refractivity contribution < 1.29 is 4.42 Å². The van der Waals surface area contributed by atoms with E-state index in [4.69, 9.17) is 4.42 Å². The Morgan fingerprint density at radius 1 is 0.737 bits per heavy atom. The second-order valence-electron chi connectivity index (χ2n) is 5.07. The van der Waals surface area contributed by atoms with E-state index in [0.29, 0.717) is 5.92 Å². The monoisotopic (exact) mass is 246 g/mol. The molecule has 0 fully saturated rings. The Balaban J connectivity index is 1.96. The summed E-state index contributed by atoms with van der Waals surface area (Å²) < 4.78 is 5.45. The maximum atomic E-state index is 5.45. The highest BCUT2D eigenvalue weighted by Crippen LogP contribution is 2.41. The van der Waals surface area contributed by atoms with Crippen LogP contribution < -0.4 is 0 Å². The third-order valence-electron chi connectivity index (χ3n) is 3.97. The molecule has 0 N–H and O–H groups in total. The lowest BCUT2D eigenvalue weighted by molar-refractivity contribution is 0.562. The van der Waals surface area contributed by atoms with Crippen molar-refractivity contribution in [2.45, 2.75) is 12.3 Å². The predicted octanol–water partition coefficient (Wildman–Crippen LogP) is 4.36. The Morgan fingerprint density at radius 3 is 2.42 bits per heavy atom. The van der Waals surface area contributed by atoms with Crippen LogP contribution in [0.1, 0.15) is 33.7 Å². The van der Waals surface area contributed by atoms with Crippen molar-refractivity contribution in [3.05, 3.63) is 94.9 Å². The molecule has 1 aliphatic rings. The minimum absolute atomic E-state index is 0.305. The molecule has 0 aliphatic heterocycles. The average molecular weight is 246 g/mol. The molecule has 1 nitrogen and oxygen atoms in total. The van der Waals surface area contributed by atoms with Crippen LogP contribution in [0.25, 0.3) is 0 Å². The first-order valence-corrected chi connectivity index (χ1v) is 6.61. The van der Waals surface area contributed by atoms with Crippen molar-refractivity contribution in [3.8, 4) is 0 Å². The van der Waals surface area contributed by atoms with Gasteiger partial charge >= 0.3 is 0 Å². The van der Waals surface area contributed by atoms with Crippen LogP contribution in [0.2, 0.25) is 0 Å². The lowest BCUT2D eigenvalue weighted by Crippen LogP contribution is -2.13. The molecule has 1 unspecified atom stereocenters. The van der Waals surface area contributed by atoms with Crippen LogP contribution in [0, 0.1) is 0 Å². The molecule has 1 heteroatoms. The van der Waals surface area contributed by atoms with Crippen molar-refractivity contribution in [2.24, 2.45) is 0 Å². The molecule has 92 valence electrons. The largest absolute Gasteiger partial charge is 0.472 e. The highest BCUT2D eigenvalue weighted by molar-refractivity contribution is 5.53. The number of benzene rings is 2. The van der Waals surface area contributed by atoms with Gasteiger partial charge in [-0.15, -0.1) is 0 Å². The summed E-state index contributed by atoms with van der Waals surface area (Å²) >= 11 is 0. The Kier molecular flexibility index (Phi) is 2.31. The highest BCUT2D eigenvalue weighted by Gasteiger charge is 2.27. The second kappa shape index (κ2) is 4.13. The van der Waals surface area contributed by atoms with Crippen LogP contribution in [0.4, 0.5) is 0 Å². The normalized spacial score (nSPS) is 16.7. The van der Waals surface area contributed by atoms with Gasteiger partial charge in [-0.25, -0.2) is 0 Å². The van der Waals surface area contributed by atoms with Crippen LogP contribution >= 0.6 is 0 Å². The molecule has 1 aromatic heterocycles. The summed E-state index contributed by atoms with van der Waals surface area (Å²) in [7, 11) is 0. The van der Waals surface area contributed by atoms with Crippen molar-refractivity contribution in [1.82, 2.24) is 0 Å². The van der Waals surface area contributed by atoms with Gasteiger partial charge in [-0.05, 0) is 22.3 Å². The summed E-state index contributed by atoms with van der Waals surface area (Å²) in [5.74, 6) is 0.305. The molecular formula is C18H14O. The van der Waals surface area contributed by atoms with Crippen LogP contribution in [-0.4, -0.2) is 0 Å². The minimum Gasteiger partial charge on any atom is -0.472 e. The molecule has 0 saturated heterocycles. The van der Waals surface area contributed by atoms with Crippen molar-refractivity contribution in [1.29, 1.82) is 0 Å². The number of hydrogen-bond acceptors (Lipinski definition) is 1. The maximum Gasteiger partial charge on any atom is 0.0947 e. The molecule has 0 bridgehead atoms. The van der Waals surface area contributed by atoms with E-state index in [2.05, 4.69) is 54.6 Å². The Labute approximate surface area is 112 Å². The van der Waals surface area contributed by atoms with E-state index in [1.54, 1.807) is 0 Å². The van der Waals surface area contributed by atoms with E-state index in [0.717, 1.165) is 6.42 Å². The van der Waals surface area contributed by atoms with Gasteiger partial charge in [0.15, 0.2) is 0 Å². The molecular weight excluding hydrogens is 232 g/mol. The number of rotatable bonds is 1. The van der Waals surface area contributed by atoms with E-state index in [1.165, 1.54) is 27.8 Å². The third-order valence-corrected chi connectivity index (χ3v) is 3.97. The quantitative estimate of drug-likeness (QED) is 0.486. The summed E-state index contributed by atoms with van der Waals surface area (Å²) in [6.07, 6.45) is 4.77. The van der Waals surface area contributed by atoms with Gasteiger partial charge < -0.3 is 4.42 Å². The maximum absolute atomic E-state index is 5.45. The summed E-state index contributed by atoms with van der Waals surface area (Å²) in [6, 6.07) is 19.4. The number of furan rings is 1. The third kappa shape index (κ3) is 1.62. The minimum atomic E-state index is 0.305. The second-order valence-corrected chi connectivity index (χ2v) is 5.07. The van der Waals surface area contributed by atoms with Crippen molar-refractivity contribution >= 4 is 0 Å². The van der Waals surface area contributed by atoms with Gasteiger partial charge in [0.05, 0.1) is 12.5 Å². The molecule has 1 heterocycles. The van der Waals surface area contributed by atoms with Gasteiger partial charge in [-0.2, -0.15) is 0 Å². The van der Waals surface area contributed by atoms with Gasteiger partial charge in [0, 0.05) is 17.9 Å². The standard InChI is InChI=1S/C18H14O/c1-2-6-13(7-3-1)18-16-9-5-4-8-14(16)10-15-11-19-12-17(15)18/h1-9,11-12,18H,10H2. The van der Waals surface area contributed by atoms with E-state index in [-0.39, 0.29) is 0 Å². The lowest BCUT2D eigenvalue weighted by Gasteiger charge is -2.25. The molecule has 0 spiro atoms. The number of hydrogen-bond donors (Lipinski definition) is 0.